The van der Waals surface area contributed by atoms with E-state index in [1.54, 1.807) is 0 Å². The van der Waals surface area contributed by atoms with E-state index in [4.69, 9.17) is 0 Å². The topological polar surface area (TPSA) is 0 Å². The van der Waals surface area contributed by atoms with Gasteiger partial charge in [-0.2, -0.15) is 0 Å². The molecule has 0 saturated heterocycles. The first-order valence-electron chi connectivity index (χ1n) is 43.9. The molecule has 0 spiro atoms. The van der Waals surface area contributed by atoms with Crippen molar-refractivity contribution in [3.63, 3.8) is 0 Å². The molecule has 0 heterocycles. The van der Waals surface area contributed by atoms with Crippen molar-refractivity contribution in [3.05, 3.63) is 0 Å². The second kappa shape index (κ2) is 87.0. The molecule has 530 valence electrons. The first kappa shape index (κ1) is 88.0. The predicted molar refractivity (Wildman–Crippen MR) is 408 cm³/mol. The first-order valence-corrected chi connectivity index (χ1v) is 43.9. The van der Waals surface area contributed by atoms with Gasteiger partial charge in [0.05, 0.1) is 0 Å². The monoisotopic (exact) mass is 1240 g/mol. The molecule has 88 heavy (non-hydrogen) atoms. The molecule has 0 radical (unpaired) electrons. The molecule has 0 bridgehead atoms. The van der Waals surface area contributed by atoms with Gasteiger partial charge in [0, 0.05) is 0 Å². The highest BCUT2D eigenvalue weighted by Crippen LogP contribution is 2.22. The van der Waals surface area contributed by atoms with E-state index < -0.39 is 0 Å². The van der Waals surface area contributed by atoms with Crippen LogP contribution in [0.15, 0.2) is 0 Å². The van der Waals surface area contributed by atoms with E-state index in [2.05, 4.69) is 13.8 Å². The van der Waals surface area contributed by atoms with E-state index in [9.17, 15) is 0 Å². The van der Waals surface area contributed by atoms with Gasteiger partial charge in [0.15, 0.2) is 0 Å². The minimum atomic E-state index is 1.37. The molecule has 0 N–H and O–H groups in total. The molecule has 0 nitrogen and oxygen atoms in total. The lowest BCUT2D eigenvalue weighted by molar-refractivity contribution is 0.505. The largest absolute Gasteiger partial charge is 0.0654 e. The molecule has 0 aliphatic heterocycles. The number of unbranched alkanes of at least 4 members (excludes halogenated alkanes) is 85. The number of rotatable bonds is 85. The summed E-state index contributed by atoms with van der Waals surface area (Å²) < 4.78 is 0. The van der Waals surface area contributed by atoms with Crippen LogP contribution >= 0.6 is 0 Å². The first-order chi connectivity index (χ1) is 43.9. The average molecular weight is 1240 g/mol. The van der Waals surface area contributed by atoms with Gasteiger partial charge in [-0.25, -0.2) is 0 Å². The molecule has 0 aromatic rings. The Hall–Kier alpha value is 0. The van der Waals surface area contributed by atoms with E-state index in [1.807, 2.05) is 0 Å². The Bertz CT molecular complexity index is 1020. The Morgan fingerprint density at radius 3 is 0.125 bits per heavy atom. The summed E-state index contributed by atoms with van der Waals surface area (Å²) in [5.74, 6) is 0. The number of hydrogen-bond acceptors (Lipinski definition) is 0. The molecule has 0 amide bonds. The lowest BCUT2D eigenvalue weighted by Crippen LogP contribution is -1.85. The molecule has 0 aliphatic carbocycles. The fourth-order valence-electron chi connectivity index (χ4n) is 15.0. The molecule has 0 atom stereocenters. The van der Waals surface area contributed by atoms with E-state index in [1.165, 1.54) is 552 Å². The maximum Gasteiger partial charge on any atom is -0.0533 e. The third-order valence-corrected chi connectivity index (χ3v) is 21.5. The molecular weight excluding hydrogens is 1060 g/mol. The average Bonchev–Trinajstić information content (AvgIpc) is 3.54. The van der Waals surface area contributed by atoms with Gasteiger partial charge in [0.25, 0.3) is 0 Å². The summed E-state index contributed by atoms with van der Waals surface area (Å²) >= 11 is 0. The van der Waals surface area contributed by atoms with Crippen LogP contribution in [-0.4, -0.2) is 0 Å². The van der Waals surface area contributed by atoms with Crippen LogP contribution in [0.3, 0.4) is 0 Å². The summed E-state index contributed by atoms with van der Waals surface area (Å²) in [6, 6.07) is 0. The van der Waals surface area contributed by atoms with Gasteiger partial charge in [-0.15, -0.1) is 0 Å². The van der Waals surface area contributed by atoms with E-state index >= 15 is 0 Å². The van der Waals surface area contributed by atoms with Gasteiger partial charge in [-0.1, -0.05) is 566 Å². The zero-order chi connectivity index (χ0) is 62.8. The molecule has 0 aliphatic rings. The quantitative estimate of drug-likeness (QED) is 0.0533. The maximum atomic E-state index is 2.32. The van der Waals surface area contributed by atoms with Crippen molar-refractivity contribution in [1.29, 1.82) is 0 Å². The fourth-order valence-corrected chi connectivity index (χ4v) is 15.0. The van der Waals surface area contributed by atoms with Crippen molar-refractivity contribution in [2.75, 3.05) is 0 Å². The molecular formula is C88H178. The highest BCUT2D eigenvalue weighted by atomic mass is 14.1. The summed E-state index contributed by atoms with van der Waals surface area (Å²) in [5.41, 5.74) is 0. The van der Waals surface area contributed by atoms with Crippen LogP contribution in [0.2, 0.25) is 0 Å². The van der Waals surface area contributed by atoms with Gasteiger partial charge in [-0.3, -0.25) is 0 Å². The lowest BCUT2D eigenvalue weighted by atomic mass is 10.0. The summed E-state index contributed by atoms with van der Waals surface area (Å²) in [5, 5.41) is 0. The van der Waals surface area contributed by atoms with Crippen LogP contribution in [0.1, 0.15) is 566 Å². The van der Waals surface area contributed by atoms with Crippen LogP contribution in [0.5, 0.6) is 0 Å². The Morgan fingerprint density at radius 2 is 0.0909 bits per heavy atom. The molecule has 0 heteroatoms. The lowest BCUT2D eigenvalue weighted by Gasteiger charge is -2.05. The minimum Gasteiger partial charge on any atom is -0.0654 e. The second-order valence-electron chi connectivity index (χ2n) is 30.7. The summed E-state index contributed by atoms with van der Waals surface area (Å²) in [6.45, 7) is 4.63. The highest BCUT2D eigenvalue weighted by Gasteiger charge is 2.03. The van der Waals surface area contributed by atoms with Crippen LogP contribution in [0.25, 0.3) is 0 Å². The molecule has 0 aromatic heterocycles. The van der Waals surface area contributed by atoms with Crippen LogP contribution in [0, 0.1) is 0 Å². The SMILES string of the molecule is CCCCCCCCCCCCCCCCCCCCCCCCCCCCCCCCCCCCCCCCCCCCCCCCCCCCCCCCCCCCCCCCCCCCCCCCCCCCCCCCCCCCCCCC. The molecule has 0 fully saturated rings. The summed E-state index contributed by atoms with van der Waals surface area (Å²) in [4.78, 5) is 0. The Kier molecular flexibility index (Phi) is 87.0. The third-order valence-electron chi connectivity index (χ3n) is 21.5. The van der Waals surface area contributed by atoms with Crippen LogP contribution < -0.4 is 0 Å². The van der Waals surface area contributed by atoms with Gasteiger partial charge in [0.2, 0.25) is 0 Å². The summed E-state index contributed by atoms with van der Waals surface area (Å²) in [6.07, 6.45) is 128. The van der Waals surface area contributed by atoms with Crippen molar-refractivity contribution in [2.45, 2.75) is 566 Å². The summed E-state index contributed by atoms with van der Waals surface area (Å²) in [7, 11) is 0. The van der Waals surface area contributed by atoms with E-state index in [0.717, 1.165) is 0 Å². The van der Waals surface area contributed by atoms with E-state index in [-0.39, 0.29) is 0 Å². The Balaban J connectivity index is 3.08. The maximum absolute atomic E-state index is 2.32. The van der Waals surface area contributed by atoms with Crippen LogP contribution in [0.4, 0.5) is 0 Å². The van der Waals surface area contributed by atoms with Gasteiger partial charge in [-0.05, 0) is 0 Å². The van der Waals surface area contributed by atoms with Gasteiger partial charge >= 0.3 is 0 Å². The Labute approximate surface area is 562 Å². The van der Waals surface area contributed by atoms with Crippen molar-refractivity contribution >= 4 is 0 Å². The molecule has 0 saturated carbocycles. The Morgan fingerprint density at radius 1 is 0.0568 bits per heavy atom. The molecule has 0 rings (SSSR count). The minimum absolute atomic E-state index is 1.37. The second-order valence-corrected chi connectivity index (χ2v) is 30.7. The standard InChI is InChI=1S/C88H178/c1-3-5-7-9-11-13-15-17-19-21-23-25-27-29-31-33-35-37-39-41-43-45-47-49-51-53-55-57-59-61-63-65-67-69-71-73-75-77-79-81-83-85-87-88-86-84-82-80-78-76-74-72-70-68-66-64-62-60-58-56-54-52-50-48-46-44-42-40-38-36-34-32-30-28-26-24-22-20-18-16-14-12-10-8-6-4-2/h3-88H2,1-2H3. The normalized spacial score (nSPS) is 11.8. The smallest absolute Gasteiger partial charge is 0.0533 e. The van der Waals surface area contributed by atoms with Gasteiger partial charge in [0.1, 0.15) is 0 Å². The van der Waals surface area contributed by atoms with Crippen molar-refractivity contribution in [3.8, 4) is 0 Å². The van der Waals surface area contributed by atoms with Crippen molar-refractivity contribution < 1.29 is 0 Å². The third kappa shape index (κ3) is 86.0. The zero-order valence-electron chi connectivity index (χ0n) is 62.8. The number of hydrogen-bond donors (Lipinski definition) is 0. The van der Waals surface area contributed by atoms with E-state index in [0.29, 0.717) is 0 Å². The molecule has 0 aromatic carbocycles. The van der Waals surface area contributed by atoms with Crippen LogP contribution in [-0.2, 0) is 0 Å². The zero-order valence-corrected chi connectivity index (χ0v) is 62.8. The predicted octanol–water partition coefficient (Wildman–Crippen LogP) is 34.6. The molecule has 0 unspecified atom stereocenters. The fraction of sp³-hybridized carbons (Fsp3) is 1.00. The van der Waals surface area contributed by atoms with Crippen molar-refractivity contribution in [2.24, 2.45) is 0 Å². The van der Waals surface area contributed by atoms with Gasteiger partial charge < -0.3 is 0 Å². The highest BCUT2D eigenvalue weighted by molar-refractivity contribution is 4.58. The van der Waals surface area contributed by atoms with Crippen molar-refractivity contribution in [1.82, 2.24) is 0 Å².